The molecular weight excluding hydrogens is 1230 g/mol. The van der Waals surface area contributed by atoms with Gasteiger partial charge in [0, 0.05) is 31.7 Å². The first-order chi connectivity index (χ1) is 43.9. The second kappa shape index (κ2) is 37.3. The number of hydrogen-bond acceptors (Lipinski definition) is 16. The Morgan fingerprint density at radius 1 is 0.626 bits per heavy atom. The SMILES string of the molecule is C=CC=N[C@@H](Cc1ccccc1)C(=O)OC1CCCC1.Cc1nc(N[C@@H](Cc2ccccc2)C(=O)OC2CCCC2)sc1-c1ccc(Cl)c(S(C)(=O)=O)c1.NC(=S)N[C@@H](Cc1ccccc1)C(=O)OC1CCCC1.N[C@@H](Cc1ccccc1)C(=O)OC1CCCC1. The number of aromatic nitrogens is 1. The van der Waals surface area contributed by atoms with Crippen LogP contribution in [0.15, 0.2) is 162 Å². The lowest BCUT2D eigenvalue weighted by Gasteiger charge is -2.20. The number of rotatable bonds is 23. The number of nitrogens with two attached hydrogens (primary N) is 2. The van der Waals surface area contributed by atoms with Crippen LogP contribution >= 0.6 is 35.2 Å². The maximum Gasteiger partial charge on any atom is 0.331 e. The first kappa shape index (κ1) is 71.2. The van der Waals surface area contributed by atoms with E-state index in [2.05, 4.69) is 27.2 Å². The molecule has 1 heterocycles. The molecule has 4 fully saturated rings. The average molecular weight is 1320 g/mol. The first-order valence-electron chi connectivity index (χ1n) is 31.6. The summed E-state index contributed by atoms with van der Waals surface area (Å²) >= 11 is 12.3. The Morgan fingerprint density at radius 3 is 1.45 bits per heavy atom. The van der Waals surface area contributed by atoms with Crippen LogP contribution in [0.5, 0.6) is 0 Å². The summed E-state index contributed by atoms with van der Waals surface area (Å²) in [6.07, 6.45) is 23.3. The van der Waals surface area contributed by atoms with Gasteiger partial charge in [-0.1, -0.05) is 163 Å². The molecule has 16 nitrogen and oxygen atoms in total. The van der Waals surface area contributed by atoms with Gasteiger partial charge in [-0.25, -0.2) is 27.8 Å². The van der Waals surface area contributed by atoms with E-state index < -0.39 is 34.0 Å². The minimum Gasteiger partial charge on any atom is -0.461 e. The Balaban J connectivity index is 0.000000180. The van der Waals surface area contributed by atoms with Gasteiger partial charge < -0.3 is 41.0 Å². The number of carbonyl (C=O) groups is 4. The fourth-order valence-corrected chi connectivity index (χ4v) is 13.7. The van der Waals surface area contributed by atoms with E-state index in [-0.39, 0.29) is 63.3 Å². The third kappa shape index (κ3) is 24.7. The molecule has 0 radical (unpaired) electrons. The monoisotopic (exact) mass is 1310 g/mol. The van der Waals surface area contributed by atoms with Crippen LogP contribution in [0.1, 0.15) is 131 Å². The molecule has 4 aliphatic rings. The minimum absolute atomic E-state index is 0.0235. The van der Waals surface area contributed by atoms with Crippen molar-refractivity contribution in [2.45, 2.75) is 189 Å². The number of thiocarbonyl (C=S) groups is 1. The van der Waals surface area contributed by atoms with Gasteiger partial charge in [-0.3, -0.25) is 9.79 Å². The summed E-state index contributed by atoms with van der Waals surface area (Å²) in [5.74, 6) is -1.04. The molecule has 1 aromatic heterocycles. The lowest BCUT2D eigenvalue weighted by atomic mass is 10.1. The summed E-state index contributed by atoms with van der Waals surface area (Å²) in [6, 6.07) is 42.0. The molecule has 0 aliphatic heterocycles. The number of allylic oxidation sites excluding steroid dienone is 1. The van der Waals surface area contributed by atoms with Crippen molar-refractivity contribution in [2.24, 2.45) is 16.5 Å². The van der Waals surface area contributed by atoms with Crippen LogP contribution in [0.4, 0.5) is 5.13 Å². The van der Waals surface area contributed by atoms with Crippen molar-refractivity contribution in [1.29, 1.82) is 0 Å². The molecular formula is C71H87ClN6O10S3. The van der Waals surface area contributed by atoms with Gasteiger partial charge in [-0.05, 0) is 168 Å². The van der Waals surface area contributed by atoms with Crippen molar-refractivity contribution >= 4 is 85.3 Å². The second-order valence-corrected chi connectivity index (χ2v) is 27.2. The zero-order valence-corrected chi connectivity index (χ0v) is 55.3. The van der Waals surface area contributed by atoms with Crippen molar-refractivity contribution in [1.82, 2.24) is 10.3 Å². The Hall–Kier alpha value is -7.29. The Morgan fingerprint density at radius 2 is 1.02 bits per heavy atom. The lowest BCUT2D eigenvalue weighted by molar-refractivity contribution is -0.151. The Labute approximate surface area is 551 Å². The number of aryl methyl sites for hydroxylation is 1. The second-order valence-electron chi connectivity index (χ2n) is 23.4. The van der Waals surface area contributed by atoms with E-state index in [9.17, 15) is 27.6 Å². The Kier molecular flexibility index (Phi) is 29.1. The number of sulfone groups is 1. The summed E-state index contributed by atoms with van der Waals surface area (Å²) in [5, 5.41) is 6.99. The third-order valence-electron chi connectivity index (χ3n) is 16.0. The summed E-state index contributed by atoms with van der Waals surface area (Å²) in [6.45, 7) is 5.46. The molecule has 20 heteroatoms. The number of halogens is 1. The number of benzene rings is 5. The molecule has 0 saturated heterocycles. The molecule has 4 saturated carbocycles. The molecule has 4 aliphatic carbocycles. The van der Waals surface area contributed by atoms with Gasteiger partial charge in [0.2, 0.25) is 0 Å². The largest absolute Gasteiger partial charge is 0.461 e. The molecule has 6 N–H and O–H groups in total. The van der Waals surface area contributed by atoms with E-state index in [0.29, 0.717) is 36.4 Å². The van der Waals surface area contributed by atoms with Crippen molar-refractivity contribution in [2.75, 3.05) is 11.6 Å². The minimum atomic E-state index is -3.47. The summed E-state index contributed by atoms with van der Waals surface area (Å²) < 4.78 is 46.5. The molecule has 0 unspecified atom stereocenters. The molecule has 6 aromatic rings. The number of carbonyl (C=O) groups excluding carboxylic acids is 4. The van der Waals surface area contributed by atoms with Crippen molar-refractivity contribution in [3.05, 3.63) is 185 Å². The smallest absolute Gasteiger partial charge is 0.331 e. The highest BCUT2D eigenvalue weighted by atomic mass is 35.5. The zero-order valence-electron chi connectivity index (χ0n) is 52.1. The molecule has 486 valence electrons. The van der Waals surface area contributed by atoms with Gasteiger partial charge >= 0.3 is 23.9 Å². The van der Waals surface area contributed by atoms with Crippen LogP contribution in [0, 0.1) is 6.92 Å². The molecule has 0 amide bonds. The van der Waals surface area contributed by atoms with Gasteiger partial charge in [-0.2, -0.15) is 0 Å². The van der Waals surface area contributed by atoms with Crippen LogP contribution in [0.2, 0.25) is 5.02 Å². The first-order valence-corrected chi connectivity index (χ1v) is 35.1. The summed E-state index contributed by atoms with van der Waals surface area (Å²) in [5.41, 5.74) is 17.0. The predicted molar refractivity (Wildman–Crippen MR) is 366 cm³/mol. The maximum atomic E-state index is 13.1. The third-order valence-corrected chi connectivity index (χ3v) is 18.8. The number of aliphatic imine (C=N–C) groups is 1. The fraction of sp³-hybridized carbons (Fsp3) is 0.423. The van der Waals surface area contributed by atoms with Gasteiger partial charge in [0.05, 0.1) is 20.5 Å². The van der Waals surface area contributed by atoms with Crippen LogP contribution in [0.25, 0.3) is 10.4 Å². The summed E-state index contributed by atoms with van der Waals surface area (Å²) in [7, 11) is -3.47. The molecule has 0 spiro atoms. The van der Waals surface area contributed by atoms with Crippen LogP contribution in [-0.2, 0) is 73.6 Å². The average Bonchev–Trinajstić information content (AvgIpc) is 1.98. The Bertz CT molecular complexity index is 3390. The maximum absolute atomic E-state index is 13.1. The van der Waals surface area contributed by atoms with Crippen molar-refractivity contribution in [3.8, 4) is 10.4 Å². The highest BCUT2D eigenvalue weighted by Crippen LogP contribution is 2.37. The van der Waals surface area contributed by atoms with Crippen molar-refractivity contribution < 1.29 is 46.5 Å². The number of anilines is 1. The van der Waals surface area contributed by atoms with Crippen LogP contribution < -0.4 is 22.1 Å². The van der Waals surface area contributed by atoms with Gasteiger partial charge in [-0.15, -0.1) is 0 Å². The quantitative estimate of drug-likeness (QED) is 0.0202. The van der Waals surface area contributed by atoms with Gasteiger partial charge in [0.1, 0.15) is 42.5 Å². The van der Waals surface area contributed by atoms with E-state index >= 15 is 0 Å². The highest BCUT2D eigenvalue weighted by molar-refractivity contribution is 7.90. The number of nitrogens with zero attached hydrogens (tertiary/aromatic N) is 2. The molecule has 10 rings (SSSR count). The topological polar surface area (TPSA) is 241 Å². The molecule has 4 atom stereocenters. The zero-order chi connectivity index (χ0) is 65.0. The molecule has 0 bridgehead atoms. The number of ether oxygens (including phenoxy) is 4. The summed E-state index contributed by atoms with van der Waals surface area (Å²) in [4.78, 5) is 59.1. The van der Waals surface area contributed by atoms with Crippen molar-refractivity contribution in [3.63, 3.8) is 0 Å². The van der Waals surface area contributed by atoms with Crippen LogP contribution in [-0.4, -0.2) is 103 Å². The van der Waals surface area contributed by atoms with E-state index in [4.69, 9.17) is 54.2 Å². The number of thiazole rings is 1. The normalized spacial score (nSPS) is 16.5. The highest BCUT2D eigenvalue weighted by Gasteiger charge is 2.30. The number of nitrogens with one attached hydrogen (secondary N) is 2. The standard InChI is InChI=1S/C25H27ClN2O4S2.C17H21NO2.C15H20N2O2S.C14H19NO2/c1-16-23(18-12-13-20(26)22(15-18)34(2,30)31)33-25(27-16)28-21(14-17-8-4-3-5-9-17)24(29)32-19-10-6-7-11-19;1-2-12-18-16(13-14-8-4-3-5-9-14)17(19)20-15-10-6-7-11-15;16-15(20)17-13(10-11-6-2-1-3-7-11)14(18)19-12-8-4-5-9-12;15-13(10-11-6-2-1-3-7-11)14(16)17-12-8-4-5-9-12/h3-5,8-9,12-13,15,19,21H,6-7,10-11,14H2,1-2H3,(H,27,28);2-5,8-9,12,15-16H,1,6-7,10-11,13H2;1-3,6-7,12-13H,4-5,8-10H2,(H3,16,17,20);1-3,6-7,12-13H,4-5,8-10,15H2/t21-;16-;2*13-/m0000/s1. The van der Waals surface area contributed by atoms with E-state index in [0.717, 1.165) is 142 Å². The van der Waals surface area contributed by atoms with Gasteiger partial charge in [0.15, 0.2) is 26.1 Å². The number of hydrogen-bond donors (Lipinski definition) is 4. The van der Waals surface area contributed by atoms with E-state index in [1.165, 1.54) is 11.3 Å². The van der Waals surface area contributed by atoms with E-state index in [1.807, 2.05) is 128 Å². The van der Waals surface area contributed by atoms with E-state index in [1.54, 1.807) is 30.5 Å². The van der Waals surface area contributed by atoms with Gasteiger partial charge in [0.25, 0.3) is 0 Å². The number of esters is 4. The lowest BCUT2D eigenvalue weighted by Crippen LogP contribution is -2.46. The predicted octanol–water partition coefficient (Wildman–Crippen LogP) is 13.0. The van der Waals surface area contributed by atoms with Crippen LogP contribution in [0.3, 0.4) is 0 Å². The molecule has 91 heavy (non-hydrogen) atoms. The fourth-order valence-electron chi connectivity index (χ4n) is 11.2. The molecule has 5 aromatic carbocycles.